The molecule has 2 aromatic rings. The van der Waals surface area contributed by atoms with Crippen molar-refractivity contribution in [3.63, 3.8) is 0 Å². The summed E-state index contributed by atoms with van der Waals surface area (Å²) in [6.45, 7) is 1.30. The zero-order valence-electron chi connectivity index (χ0n) is 18.6. The summed E-state index contributed by atoms with van der Waals surface area (Å²) in [6.07, 6.45) is -0.872. The maximum Gasteiger partial charge on any atom is 0.407 e. The van der Waals surface area contributed by atoms with Gasteiger partial charge in [-0.3, -0.25) is 9.59 Å². The fourth-order valence-corrected chi connectivity index (χ4v) is 4.64. The quantitative estimate of drug-likeness (QED) is 0.515. The van der Waals surface area contributed by atoms with Crippen LogP contribution in [0.25, 0.3) is 11.1 Å². The van der Waals surface area contributed by atoms with E-state index in [9.17, 15) is 23.2 Å². The number of carbonyl (C=O) groups excluding carboxylic acids is 2. The summed E-state index contributed by atoms with van der Waals surface area (Å²) in [5.74, 6) is -8.43. The molecule has 0 bridgehead atoms. The third kappa shape index (κ3) is 4.60. The van der Waals surface area contributed by atoms with Crippen LogP contribution in [0.15, 0.2) is 48.5 Å². The van der Waals surface area contributed by atoms with Gasteiger partial charge in [-0.15, -0.1) is 0 Å². The zero-order valence-corrected chi connectivity index (χ0v) is 18.6. The zero-order chi connectivity index (χ0) is 24.5. The molecule has 9 heteroatoms. The molecule has 2 aliphatic carbocycles. The number of fused-ring (bicyclic) bond motifs is 3. The Labute approximate surface area is 195 Å². The minimum Gasteiger partial charge on any atom is -0.481 e. The van der Waals surface area contributed by atoms with Crippen LogP contribution in [0.2, 0.25) is 0 Å². The molecule has 1 fully saturated rings. The van der Waals surface area contributed by atoms with Crippen LogP contribution in [0.1, 0.15) is 36.8 Å². The number of carboxylic acid groups (broad SMARTS) is 1. The molecule has 0 aliphatic heterocycles. The molecular weight excluding hydrogens is 446 g/mol. The van der Waals surface area contributed by atoms with Crippen LogP contribution in [0.4, 0.5) is 13.6 Å². The predicted octanol–water partition coefficient (Wildman–Crippen LogP) is 3.78. The van der Waals surface area contributed by atoms with E-state index in [-0.39, 0.29) is 18.9 Å². The largest absolute Gasteiger partial charge is 0.481 e. The van der Waals surface area contributed by atoms with Crippen molar-refractivity contribution in [1.29, 1.82) is 0 Å². The fraction of sp³-hybridized carbons (Fsp3) is 0.400. The molecule has 3 atom stereocenters. The summed E-state index contributed by atoms with van der Waals surface area (Å²) in [5, 5.41) is 13.6. The molecule has 0 aromatic heterocycles. The lowest BCUT2D eigenvalue weighted by Crippen LogP contribution is -2.38. The number of carbonyl (C=O) groups is 3. The summed E-state index contributed by atoms with van der Waals surface area (Å²) in [5.41, 5.74) is 4.22. The highest BCUT2D eigenvalue weighted by Gasteiger charge is 2.71. The Hall–Kier alpha value is -3.49. The molecule has 2 aromatic carbocycles. The number of carboxylic acids is 1. The minimum absolute atomic E-state index is 0.0538. The van der Waals surface area contributed by atoms with Crippen molar-refractivity contribution >= 4 is 18.0 Å². The van der Waals surface area contributed by atoms with Crippen molar-refractivity contribution < 1.29 is 33.0 Å². The first-order chi connectivity index (χ1) is 16.2. The molecule has 2 amide bonds. The molecule has 3 N–H and O–H groups in total. The van der Waals surface area contributed by atoms with Gasteiger partial charge in [0.05, 0.1) is 12.3 Å². The number of alkyl halides is 2. The van der Waals surface area contributed by atoms with Crippen LogP contribution in [0, 0.1) is 11.8 Å². The second kappa shape index (κ2) is 9.40. The number of nitrogens with one attached hydrogen (secondary N) is 2. The average molecular weight is 472 g/mol. The Morgan fingerprint density at radius 2 is 1.65 bits per heavy atom. The fourth-order valence-electron chi connectivity index (χ4n) is 4.64. The number of benzene rings is 2. The van der Waals surface area contributed by atoms with Crippen LogP contribution in [-0.4, -0.2) is 48.2 Å². The van der Waals surface area contributed by atoms with E-state index in [4.69, 9.17) is 9.84 Å². The normalized spacial score (nSPS) is 20.6. The van der Waals surface area contributed by atoms with Crippen LogP contribution in [0.3, 0.4) is 0 Å². The van der Waals surface area contributed by atoms with Gasteiger partial charge in [0.15, 0.2) is 0 Å². The number of aliphatic carboxylic acids is 1. The van der Waals surface area contributed by atoms with E-state index < -0.39 is 48.3 Å². The minimum atomic E-state index is -3.28. The van der Waals surface area contributed by atoms with Crippen molar-refractivity contribution in [2.45, 2.75) is 37.6 Å². The average Bonchev–Trinajstić information content (AvgIpc) is 3.22. The lowest BCUT2D eigenvalue weighted by atomic mass is 9.98. The molecule has 1 saturated carbocycles. The lowest BCUT2D eigenvalue weighted by molar-refractivity contribution is -0.137. The second-order valence-corrected chi connectivity index (χ2v) is 8.68. The number of ether oxygens (including phenoxy) is 1. The Kier molecular flexibility index (Phi) is 6.54. The number of hydrogen-bond donors (Lipinski definition) is 3. The van der Waals surface area contributed by atoms with Crippen molar-refractivity contribution in [3.05, 3.63) is 59.7 Å². The molecule has 180 valence electrons. The number of hydrogen-bond acceptors (Lipinski definition) is 4. The Balaban J connectivity index is 1.30. The first kappa shape index (κ1) is 23.7. The molecule has 34 heavy (non-hydrogen) atoms. The van der Waals surface area contributed by atoms with Gasteiger partial charge in [-0.2, -0.15) is 0 Å². The molecule has 4 rings (SSSR count). The van der Waals surface area contributed by atoms with Gasteiger partial charge in [0.25, 0.3) is 5.92 Å². The number of alkyl carbamates (subject to hydrolysis) is 1. The number of halogens is 2. The summed E-state index contributed by atoms with van der Waals surface area (Å²) in [7, 11) is 0. The Bertz CT molecular complexity index is 1060. The Morgan fingerprint density at radius 3 is 2.21 bits per heavy atom. The van der Waals surface area contributed by atoms with E-state index in [1.54, 1.807) is 6.92 Å². The van der Waals surface area contributed by atoms with Crippen molar-refractivity contribution in [2.24, 2.45) is 11.8 Å². The summed E-state index contributed by atoms with van der Waals surface area (Å²) < 4.78 is 33.7. The maximum atomic E-state index is 14.2. The highest BCUT2D eigenvalue weighted by Crippen LogP contribution is 2.55. The van der Waals surface area contributed by atoms with E-state index in [0.29, 0.717) is 6.42 Å². The van der Waals surface area contributed by atoms with E-state index in [1.165, 1.54) is 0 Å². The molecule has 0 saturated heterocycles. The van der Waals surface area contributed by atoms with Gasteiger partial charge in [-0.05, 0) is 28.7 Å². The van der Waals surface area contributed by atoms with E-state index in [1.807, 2.05) is 48.5 Å². The summed E-state index contributed by atoms with van der Waals surface area (Å²) in [6, 6.07) is 15.0. The highest BCUT2D eigenvalue weighted by atomic mass is 19.3. The predicted molar refractivity (Wildman–Crippen MR) is 119 cm³/mol. The smallest absolute Gasteiger partial charge is 0.407 e. The SMILES string of the molecule is CCC(CC(=O)O)NC(=O)C1C(CNC(=O)OCC2c3ccccc3-c3ccccc32)C1(F)F. The summed E-state index contributed by atoms with van der Waals surface area (Å²) >= 11 is 0. The highest BCUT2D eigenvalue weighted by molar-refractivity contribution is 5.84. The van der Waals surface area contributed by atoms with Crippen molar-refractivity contribution in [1.82, 2.24) is 10.6 Å². The van der Waals surface area contributed by atoms with Crippen LogP contribution >= 0.6 is 0 Å². The van der Waals surface area contributed by atoms with Crippen LogP contribution in [0.5, 0.6) is 0 Å². The van der Waals surface area contributed by atoms with Gasteiger partial charge in [-0.1, -0.05) is 55.5 Å². The molecule has 3 unspecified atom stereocenters. The molecular formula is C25H26F2N2O5. The third-order valence-corrected chi connectivity index (χ3v) is 6.55. The standard InChI is InChI=1S/C25H26F2N2O5/c1-2-14(11-21(30)31)29-23(32)22-20(25(22,26)27)12-28-24(33)34-13-19-17-9-5-3-7-15(17)16-8-4-6-10-18(16)19/h3-10,14,19-20,22H,2,11-13H2,1H3,(H,28,33)(H,29,32)(H,30,31). The van der Waals surface area contributed by atoms with Crippen LogP contribution in [-0.2, 0) is 14.3 Å². The van der Waals surface area contributed by atoms with Gasteiger partial charge in [0, 0.05) is 18.5 Å². The monoisotopic (exact) mass is 472 g/mol. The molecule has 0 spiro atoms. The van der Waals surface area contributed by atoms with Gasteiger partial charge in [-0.25, -0.2) is 13.6 Å². The summed E-state index contributed by atoms with van der Waals surface area (Å²) in [4.78, 5) is 35.3. The van der Waals surface area contributed by atoms with Gasteiger partial charge in [0.2, 0.25) is 5.91 Å². The van der Waals surface area contributed by atoms with Gasteiger partial charge < -0.3 is 20.5 Å². The number of amides is 2. The maximum absolute atomic E-state index is 14.2. The molecule has 0 radical (unpaired) electrons. The van der Waals surface area contributed by atoms with Gasteiger partial charge in [0.1, 0.15) is 12.5 Å². The first-order valence-electron chi connectivity index (χ1n) is 11.2. The van der Waals surface area contributed by atoms with E-state index >= 15 is 0 Å². The first-order valence-corrected chi connectivity index (χ1v) is 11.2. The van der Waals surface area contributed by atoms with Gasteiger partial charge >= 0.3 is 12.1 Å². The van der Waals surface area contributed by atoms with E-state index in [0.717, 1.165) is 22.3 Å². The number of rotatable bonds is 9. The molecule has 7 nitrogen and oxygen atoms in total. The second-order valence-electron chi connectivity index (χ2n) is 8.68. The van der Waals surface area contributed by atoms with E-state index in [2.05, 4.69) is 10.6 Å². The topological polar surface area (TPSA) is 105 Å². The third-order valence-electron chi connectivity index (χ3n) is 6.55. The van der Waals surface area contributed by atoms with Crippen molar-refractivity contribution in [2.75, 3.05) is 13.2 Å². The van der Waals surface area contributed by atoms with Crippen LogP contribution < -0.4 is 10.6 Å². The Morgan fingerprint density at radius 1 is 1.06 bits per heavy atom. The molecule has 2 aliphatic rings. The molecule has 0 heterocycles. The lowest BCUT2D eigenvalue weighted by Gasteiger charge is -2.15. The van der Waals surface area contributed by atoms with Crippen molar-refractivity contribution in [3.8, 4) is 11.1 Å².